The summed E-state index contributed by atoms with van der Waals surface area (Å²) in [5.41, 5.74) is 1.60. The average molecular weight is 425 g/mol. The van der Waals surface area contributed by atoms with Crippen molar-refractivity contribution < 1.29 is 18.8 Å². The summed E-state index contributed by atoms with van der Waals surface area (Å²) in [7, 11) is 0. The lowest BCUT2D eigenvalue weighted by Gasteiger charge is -2.36. The molecule has 0 radical (unpaired) electrons. The van der Waals surface area contributed by atoms with Crippen LogP contribution >= 0.6 is 11.8 Å². The first-order valence-electron chi connectivity index (χ1n) is 9.60. The Kier molecular flexibility index (Phi) is 5.85. The van der Waals surface area contributed by atoms with E-state index in [-0.39, 0.29) is 17.4 Å². The molecule has 8 heteroatoms. The van der Waals surface area contributed by atoms with Crippen molar-refractivity contribution in [3.05, 3.63) is 70.9 Å². The predicted octanol–water partition coefficient (Wildman–Crippen LogP) is 3.21. The van der Waals surface area contributed by atoms with Crippen LogP contribution in [0.2, 0.25) is 0 Å². The van der Waals surface area contributed by atoms with Gasteiger partial charge < -0.3 is 9.80 Å². The molecule has 2 heterocycles. The molecule has 2 aliphatic rings. The maximum absolute atomic E-state index is 13.4. The van der Waals surface area contributed by atoms with Crippen LogP contribution in [0.15, 0.2) is 59.5 Å². The zero-order chi connectivity index (χ0) is 21.1. The Morgan fingerprint density at radius 1 is 1.00 bits per heavy atom. The SMILES string of the molecule is O=C(CN1C(=O)S/C(=C\c2cccc(F)c2)C1=O)N1CCN(c2ccccc2)CC1. The van der Waals surface area contributed by atoms with Crippen LogP contribution in [-0.2, 0) is 9.59 Å². The number of para-hydroxylation sites is 1. The molecular weight excluding hydrogens is 405 g/mol. The highest BCUT2D eigenvalue weighted by Crippen LogP contribution is 2.32. The number of hydrogen-bond acceptors (Lipinski definition) is 5. The molecule has 2 aromatic rings. The highest BCUT2D eigenvalue weighted by atomic mass is 32.2. The molecule has 0 aromatic heterocycles. The van der Waals surface area contributed by atoms with Crippen LogP contribution in [0.3, 0.4) is 0 Å². The third kappa shape index (κ3) is 4.38. The van der Waals surface area contributed by atoms with Crippen LogP contribution in [-0.4, -0.2) is 59.6 Å². The molecule has 4 rings (SSSR count). The zero-order valence-electron chi connectivity index (χ0n) is 16.2. The number of anilines is 1. The molecule has 2 aromatic carbocycles. The highest BCUT2D eigenvalue weighted by molar-refractivity contribution is 8.18. The summed E-state index contributed by atoms with van der Waals surface area (Å²) in [6.07, 6.45) is 1.47. The van der Waals surface area contributed by atoms with Gasteiger partial charge in [-0.15, -0.1) is 0 Å². The van der Waals surface area contributed by atoms with Crippen LogP contribution in [0.25, 0.3) is 6.08 Å². The quantitative estimate of drug-likeness (QED) is 0.704. The fraction of sp³-hybridized carbons (Fsp3) is 0.227. The molecule has 30 heavy (non-hydrogen) atoms. The van der Waals surface area contributed by atoms with E-state index in [4.69, 9.17) is 0 Å². The minimum Gasteiger partial charge on any atom is -0.368 e. The number of halogens is 1. The van der Waals surface area contributed by atoms with Gasteiger partial charge in [-0.25, -0.2) is 4.39 Å². The summed E-state index contributed by atoms with van der Waals surface area (Å²) in [5.74, 6) is -1.20. The molecule has 0 unspecified atom stereocenters. The lowest BCUT2D eigenvalue weighted by Crippen LogP contribution is -2.51. The van der Waals surface area contributed by atoms with Gasteiger partial charge in [0.2, 0.25) is 5.91 Å². The summed E-state index contributed by atoms with van der Waals surface area (Å²) in [6, 6.07) is 15.7. The van der Waals surface area contributed by atoms with Gasteiger partial charge in [0.15, 0.2) is 0 Å². The van der Waals surface area contributed by atoms with Crippen LogP contribution in [0, 0.1) is 5.82 Å². The van der Waals surface area contributed by atoms with Gasteiger partial charge in [-0.3, -0.25) is 19.3 Å². The van der Waals surface area contributed by atoms with E-state index >= 15 is 0 Å². The van der Waals surface area contributed by atoms with Gasteiger partial charge in [-0.2, -0.15) is 0 Å². The van der Waals surface area contributed by atoms with Crippen LogP contribution in [0.4, 0.5) is 14.9 Å². The summed E-state index contributed by atoms with van der Waals surface area (Å²) in [5, 5.41) is -0.487. The topological polar surface area (TPSA) is 60.9 Å². The van der Waals surface area contributed by atoms with Crippen molar-refractivity contribution in [3.63, 3.8) is 0 Å². The van der Waals surface area contributed by atoms with Crippen molar-refractivity contribution in [2.24, 2.45) is 0 Å². The molecule has 3 amide bonds. The molecule has 2 fully saturated rings. The first kappa shape index (κ1) is 20.2. The van der Waals surface area contributed by atoms with E-state index in [0.717, 1.165) is 22.3 Å². The first-order valence-corrected chi connectivity index (χ1v) is 10.4. The third-order valence-electron chi connectivity index (χ3n) is 5.07. The fourth-order valence-corrected chi connectivity index (χ4v) is 4.31. The van der Waals surface area contributed by atoms with E-state index in [1.807, 2.05) is 30.3 Å². The van der Waals surface area contributed by atoms with E-state index in [0.29, 0.717) is 31.7 Å². The standard InChI is InChI=1S/C22H20FN3O3S/c23-17-6-4-5-16(13-17)14-19-21(28)26(22(29)30-19)15-20(27)25-11-9-24(10-12-25)18-7-2-1-3-8-18/h1-8,13-14H,9-12,15H2/b19-14-. The predicted molar refractivity (Wildman–Crippen MR) is 114 cm³/mol. The number of carbonyl (C=O) groups is 3. The van der Waals surface area contributed by atoms with Crippen LogP contribution < -0.4 is 4.90 Å². The van der Waals surface area contributed by atoms with Gasteiger partial charge >= 0.3 is 0 Å². The Morgan fingerprint density at radius 2 is 1.73 bits per heavy atom. The minimum absolute atomic E-state index is 0.187. The van der Waals surface area contributed by atoms with Crippen molar-refractivity contribution in [2.75, 3.05) is 37.6 Å². The normalized spacial score (nSPS) is 18.4. The number of rotatable bonds is 4. The van der Waals surface area contributed by atoms with Crippen molar-refractivity contribution in [1.82, 2.24) is 9.80 Å². The molecule has 6 nitrogen and oxygen atoms in total. The fourth-order valence-electron chi connectivity index (χ4n) is 3.47. The van der Waals surface area contributed by atoms with Gasteiger partial charge in [0.1, 0.15) is 12.4 Å². The van der Waals surface area contributed by atoms with E-state index in [1.54, 1.807) is 11.0 Å². The second-order valence-corrected chi connectivity index (χ2v) is 8.02. The maximum Gasteiger partial charge on any atom is 0.294 e. The zero-order valence-corrected chi connectivity index (χ0v) is 17.0. The number of nitrogens with zero attached hydrogens (tertiary/aromatic N) is 3. The Balaban J connectivity index is 1.37. The van der Waals surface area contributed by atoms with Crippen LogP contribution in [0.5, 0.6) is 0 Å². The smallest absolute Gasteiger partial charge is 0.294 e. The summed E-state index contributed by atoms with van der Waals surface area (Å²) < 4.78 is 13.4. The van der Waals surface area contributed by atoms with E-state index in [2.05, 4.69) is 4.90 Å². The number of amides is 3. The number of benzene rings is 2. The second-order valence-electron chi connectivity index (χ2n) is 7.03. The third-order valence-corrected chi connectivity index (χ3v) is 5.97. The number of hydrogen-bond donors (Lipinski definition) is 0. The maximum atomic E-state index is 13.4. The van der Waals surface area contributed by atoms with E-state index in [1.165, 1.54) is 24.3 Å². The van der Waals surface area contributed by atoms with E-state index < -0.39 is 17.0 Å². The Hall–Kier alpha value is -3.13. The van der Waals surface area contributed by atoms with Gasteiger partial charge in [-0.1, -0.05) is 30.3 Å². The van der Waals surface area contributed by atoms with Crippen molar-refractivity contribution >= 4 is 40.6 Å². The Labute approximate surface area is 177 Å². The molecule has 0 saturated carbocycles. The molecule has 0 spiro atoms. The van der Waals surface area contributed by atoms with Gasteiger partial charge in [-0.05, 0) is 47.7 Å². The molecule has 0 aliphatic carbocycles. The highest BCUT2D eigenvalue weighted by Gasteiger charge is 2.37. The summed E-state index contributed by atoms with van der Waals surface area (Å²) in [4.78, 5) is 42.6. The lowest BCUT2D eigenvalue weighted by molar-refractivity contribution is -0.136. The Bertz CT molecular complexity index is 1000. The minimum atomic E-state index is -0.523. The average Bonchev–Trinajstić information content (AvgIpc) is 3.02. The molecule has 0 bridgehead atoms. The molecule has 0 atom stereocenters. The molecular formula is C22H20FN3O3S. The summed E-state index contributed by atoms with van der Waals surface area (Å²) >= 11 is 0.766. The molecule has 0 N–H and O–H groups in total. The van der Waals surface area contributed by atoms with Gasteiger partial charge in [0.05, 0.1) is 4.91 Å². The van der Waals surface area contributed by atoms with E-state index in [9.17, 15) is 18.8 Å². The molecule has 2 aliphatic heterocycles. The van der Waals surface area contributed by atoms with Crippen LogP contribution in [0.1, 0.15) is 5.56 Å². The van der Waals surface area contributed by atoms with Gasteiger partial charge in [0.25, 0.3) is 11.1 Å². The summed E-state index contributed by atoms with van der Waals surface area (Å²) in [6.45, 7) is 2.16. The number of piperazine rings is 1. The monoisotopic (exact) mass is 425 g/mol. The van der Waals surface area contributed by atoms with Crippen molar-refractivity contribution in [3.8, 4) is 0 Å². The first-order chi connectivity index (χ1) is 14.5. The number of carbonyl (C=O) groups excluding carboxylic acids is 3. The van der Waals surface area contributed by atoms with Gasteiger partial charge in [0, 0.05) is 31.9 Å². The van der Waals surface area contributed by atoms with Crippen molar-refractivity contribution in [1.29, 1.82) is 0 Å². The largest absolute Gasteiger partial charge is 0.368 e. The number of thioether (sulfide) groups is 1. The Morgan fingerprint density at radius 3 is 2.43 bits per heavy atom. The molecule has 2 saturated heterocycles. The molecule has 154 valence electrons. The number of imide groups is 1. The van der Waals surface area contributed by atoms with Crippen molar-refractivity contribution in [2.45, 2.75) is 0 Å². The lowest BCUT2D eigenvalue weighted by atomic mass is 10.2. The second kappa shape index (κ2) is 8.71.